The molecule has 0 saturated heterocycles. The quantitative estimate of drug-likeness (QED) is 0.760. The average Bonchev–Trinajstić information content (AvgIpc) is 3.13. The molecule has 3 nitrogen and oxygen atoms in total. The van der Waals surface area contributed by atoms with Crippen LogP contribution in [0.1, 0.15) is 40.8 Å². The minimum absolute atomic E-state index is 0.00869. The normalized spacial score (nSPS) is 17.2. The van der Waals surface area contributed by atoms with Crippen LogP contribution in [0.3, 0.4) is 0 Å². The van der Waals surface area contributed by atoms with Crippen LogP contribution in [-0.4, -0.2) is 4.98 Å². The molecule has 0 amide bonds. The minimum Gasteiger partial charge on any atom is -0.477 e. The van der Waals surface area contributed by atoms with E-state index in [-0.39, 0.29) is 5.56 Å². The molecule has 0 saturated carbocycles. The second kappa shape index (κ2) is 5.87. The number of aromatic nitrogens is 1. The van der Waals surface area contributed by atoms with Gasteiger partial charge in [0.25, 0.3) is 5.56 Å². The molecule has 1 aromatic heterocycles. The number of rotatable bonds is 2. The lowest BCUT2D eigenvalue weighted by molar-refractivity contribution is 0.138. The smallest absolute Gasteiger partial charge is 0.255 e. The Kier molecular flexibility index (Phi) is 3.49. The van der Waals surface area contributed by atoms with Crippen LogP contribution >= 0.6 is 0 Å². The second-order valence-electron chi connectivity index (χ2n) is 7.26. The number of ether oxygens (including phenoxy) is 1. The van der Waals surface area contributed by atoms with Crippen LogP contribution in [0.4, 0.5) is 0 Å². The maximum atomic E-state index is 12.8. The van der Waals surface area contributed by atoms with Gasteiger partial charge in [0.1, 0.15) is 5.75 Å². The van der Waals surface area contributed by atoms with E-state index in [2.05, 4.69) is 29.2 Å². The van der Waals surface area contributed by atoms with Crippen molar-refractivity contribution in [1.82, 2.24) is 4.98 Å². The van der Waals surface area contributed by atoms with Crippen molar-refractivity contribution in [2.75, 3.05) is 0 Å². The highest BCUT2D eigenvalue weighted by atomic mass is 16.5. The van der Waals surface area contributed by atoms with Gasteiger partial charge in [-0.2, -0.15) is 0 Å². The number of hydrogen-bond donors (Lipinski definition) is 1. The summed E-state index contributed by atoms with van der Waals surface area (Å²) in [6.45, 7) is 0. The van der Waals surface area contributed by atoms with Gasteiger partial charge in [-0.25, -0.2) is 0 Å². The van der Waals surface area contributed by atoms with Crippen molar-refractivity contribution in [3.05, 3.63) is 99.0 Å². The van der Waals surface area contributed by atoms with Gasteiger partial charge >= 0.3 is 0 Å². The summed E-state index contributed by atoms with van der Waals surface area (Å²) in [5.41, 5.74) is 4.62. The summed E-state index contributed by atoms with van der Waals surface area (Å²) < 4.78 is 6.73. The van der Waals surface area contributed by atoms with Crippen LogP contribution in [0, 0.1) is 0 Å². The molecule has 1 N–H and O–H groups in total. The highest BCUT2D eigenvalue weighted by Gasteiger charge is 2.45. The van der Waals surface area contributed by atoms with Crippen LogP contribution in [0.2, 0.25) is 0 Å². The molecule has 3 aromatic rings. The lowest BCUT2D eigenvalue weighted by Crippen LogP contribution is -2.33. The third kappa shape index (κ3) is 2.23. The molecule has 1 aliphatic carbocycles. The summed E-state index contributed by atoms with van der Waals surface area (Å²) in [5.74, 6) is 0.830. The molecule has 0 atom stereocenters. The molecule has 2 aromatic carbocycles. The molecular formula is C23H21NO2. The minimum atomic E-state index is -0.635. The van der Waals surface area contributed by atoms with Crippen molar-refractivity contribution in [2.45, 2.75) is 37.7 Å². The van der Waals surface area contributed by atoms with Crippen LogP contribution in [0.25, 0.3) is 0 Å². The van der Waals surface area contributed by atoms with E-state index in [1.807, 2.05) is 36.4 Å². The number of nitrogens with one attached hydrogen (secondary N) is 1. The Morgan fingerprint density at radius 1 is 0.808 bits per heavy atom. The van der Waals surface area contributed by atoms with E-state index in [0.29, 0.717) is 6.42 Å². The van der Waals surface area contributed by atoms with Gasteiger partial charge in [-0.05, 0) is 25.7 Å². The van der Waals surface area contributed by atoms with Gasteiger partial charge in [0.2, 0.25) is 0 Å². The second-order valence-corrected chi connectivity index (χ2v) is 7.26. The van der Waals surface area contributed by atoms with Crippen molar-refractivity contribution >= 4 is 0 Å². The third-order valence-corrected chi connectivity index (χ3v) is 5.74. The van der Waals surface area contributed by atoms with E-state index in [1.165, 1.54) is 5.56 Å². The largest absolute Gasteiger partial charge is 0.477 e. The van der Waals surface area contributed by atoms with Gasteiger partial charge in [-0.3, -0.25) is 4.79 Å². The number of aromatic amines is 1. The Balaban J connectivity index is 1.74. The third-order valence-electron chi connectivity index (χ3n) is 5.74. The summed E-state index contributed by atoms with van der Waals surface area (Å²) in [7, 11) is 0. The zero-order valence-electron chi connectivity index (χ0n) is 14.6. The number of H-pyrrole nitrogens is 1. The lowest BCUT2D eigenvalue weighted by Gasteiger charge is -2.30. The summed E-state index contributed by atoms with van der Waals surface area (Å²) in [5, 5.41) is 0. The van der Waals surface area contributed by atoms with Gasteiger partial charge in [-0.1, -0.05) is 60.7 Å². The molecule has 3 heteroatoms. The van der Waals surface area contributed by atoms with Crippen molar-refractivity contribution in [2.24, 2.45) is 0 Å². The highest BCUT2D eigenvalue weighted by molar-refractivity contribution is 5.53. The fourth-order valence-electron chi connectivity index (χ4n) is 4.44. The van der Waals surface area contributed by atoms with E-state index in [1.54, 1.807) is 0 Å². The first-order valence-corrected chi connectivity index (χ1v) is 9.35. The molecule has 2 heterocycles. The van der Waals surface area contributed by atoms with Gasteiger partial charge in [-0.15, -0.1) is 0 Å². The van der Waals surface area contributed by atoms with E-state index in [9.17, 15) is 4.79 Å². The van der Waals surface area contributed by atoms with Crippen molar-refractivity contribution in [3.8, 4) is 5.75 Å². The van der Waals surface area contributed by atoms with Crippen molar-refractivity contribution < 1.29 is 4.74 Å². The number of pyridine rings is 1. The number of aryl methyl sites for hydroxylation is 1. The number of hydrogen-bond acceptors (Lipinski definition) is 2. The van der Waals surface area contributed by atoms with Gasteiger partial charge in [0, 0.05) is 28.8 Å². The molecule has 26 heavy (non-hydrogen) atoms. The van der Waals surface area contributed by atoms with E-state index in [0.717, 1.165) is 53.8 Å². The SMILES string of the molecule is O=c1[nH]c2c(c3c1CC(c1ccccc1)(c1ccccc1)O3)CCCC2. The van der Waals surface area contributed by atoms with Crippen LogP contribution in [0.15, 0.2) is 65.5 Å². The predicted octanol–water partition coefficient (Wildman–Crippen LogP) is 4.13. The van der Waals surface area contributed by atoms with Crippen LogP contribution in [-0.2, 0) is 24.9 Å². The van der Waals surface area contributed by atoms with Crippen LogP contribution in [0.5, 0.6) is 5.75 Å². The fraction of sp³-hybridized carbons (Fsp3) is 0.261. The van der Waals surface area contributed by atoms with E-state index in [4.69, 9.17) is 4.74 Å². The Bertz CT molecular complexity index is 966. The predicted molar refractivity (Wildman–Crippen MR) is 102 cm³/mol. The number of fused-ring (bicyclic) bond motifs is 3. The Hall–Kier alpha value is -2.81. The van der Waals surface area contributed by atoms with Gasteiger partial charge < -0.3 is 9.72 Å². The standard InChI is InChI=1S/C23H21NO2/c25-22-19-15-23(16-9-3-1-4-10-16,17-11-5-2-6-12-17)26-21(19)18-13-7-8-14-20(18)24-22/h1-6,9-12H,7-8,13-15H2,(H,24,25). The topological polar surface area (TPSA) is 42.1 Å². The molecule has 2 aliphatic rings. The maximum absolute atomic E-state index is 12.8. The first-order valence-electron chi connectivity index (χ1n) is 9.35. The Labute approximate surface area is 152 Å². The molecule has 0 spiro atoms. The molecule has 130 valence electrons. The molecule has 0 bridgehead atoms. The molecule has 5 rings (SSSR count). The Morgan fingerprint density at radius 2 is 1.42 bits per heavy atom. The summed E-state index contributed by atoms with van der Waals surface area (Å²) >= 11 is 0. The van der Waals surface area contributed by atoms with Crippen molar-refractivity contribution in [1.29, 1.82) is 0 Å². The summed E-state index contributed by atoms with van der Waals surface area (Å²) in [4.78, 5) is 15.9. The lowest BCUT2D eigenvalue weighted by atomic mass is 9.83. The zero-order valence-corrected chi connectivity index (χ0v) is 14.6. The first kappa shape index (κ1) is 15.4. The van der Waals surface area contributed by atoms with Crippen LogP contribution < -0.4 is 10.3 Å². The van der Waals surface area contributed by atoms with E-state index >= 15 is 0 Å². The van der Waals surface area contributed by atoms with Gasteiger partial charge in [0.15, 0.2) is 5.60 Å². The average molecular weight is 343 g/mol. The molecule has 0 radical (unpaired) electrons. The van der Waals surface area contributed by atoms with Crippen molar-refractivity contribution in [3.63, 3.8) is 0 Å². The zero-order chi connectivity index (χ0) is 17.6. The molecule has 0 unspecified atom stereocenters. The maximum Gasteiger partial charge on any atom is 0.255 e. The monoisotopic (exact) mass is 343 g/mol. The molecular weight excluding hydrogens is 322 g/mol. The van der Waals surface area contributed by atoms with E-state index < -0.39 is 5.60 Å². The number of benzene rings is 2. The molecule has 0 fully saturated rings. The summed E-state index contributed by atoms with van der Waals surface area (Å²) in [6.07, 6.45) is 4.76. The van der Waals surface area contributed by atoms with Gasteiger partial charge in [0.05, 0.1) is 5.56 Å². The first-order chi connectivity index (χ1) is 12.8. The Morgan fingerprint density at radius 3 is 2.08 bits per heavy atom. The highest BCUT2D eigenvalue weighted by Crippen LogP contribution is 2.47. The fourth-order valence-corrected chi connectivity index (χ4v) is 4.44. The molecule has 1 aliphatic heterocycles. The summed E-state index contributed by atoms with van der Waals surface area (Å²) in [6, 6.07) is 20.5.